The Morgan fingerprint density at radius 2 is 1.76 bits per heavy atom. The van der Waals surface area contributed by atoms with Crippen LogP contribution >= 0.6 is 0 Å². The van der Waals surface area contributed by atoms with E-state index in [2.05, 4.69) is 5.32 Å². The van der Waals surface area contributed by atoms with Crippen LogP contribution in [0.3, 0.4) is 0 Å². The van der Waals surface area contributed by atoms with Gasteiger partial charge in [0.1, 0.15) is 0 Å². The molecule has 0 bridgehead atoms. The second kappa shape index (κ2) is 8.36. The molecule has 1 amide bonds. The lowest BCUT2D eigenvalue weighted by Crippen LogP contribution is -2.47. The molecular weight excluding hydrogens is 388 g/mol. The van der Waals surface area contributed by atoms with Crippen LogP contribution in [0.25, 0.3) is 0 Å². The molecular formula is C22H32N2O4S. The van der Waals surface area contributed by atoms with Crippen LogP contribution in [0, 0.1) is 18.3 Å². The van der Waals surface area contributed by atoms with Crippen LogP contribution in [0.1, 0.15) is 50.5 Å². The van der Waals surface area contributed by atoms with Crippen molar-refractivity contribution < 1.29 is 17.9 Å². The summed E-state index contributed by atoms with van der Waals surface area (Å²) < 4.78 is 33.7. The number of carbonyl (C=O) groups excluding carboxylic acids is 1. The number of nitrogens with one attached hydrogen (secondary N) is 1. The summed E-state index contributed by atoms with van der Waals surface area (Å²) in [6.07, 6.45) is 7.07. The summed E-state index contributed by atoms with van der Waals surface area (Å²) >= 11 is 0. The summed E-state index contributed by atoms with van der Waals surface area (Å²) in [5.41, 5.74) is 0.699. The number of aryl methyl sites for hydroxylation is 1. The largest absolute Gasteiger partial charge is 0.381 e. The molecule has 1 unspecified atom stereocenters. The molecule has 6 nitrogen and oxygen atoms in total. The lowest BCUT2D eigenvalue weighted by atomic mass is 9.71. The van der Waals surface area contributed by atoms with Crippen molar-refractivity contribution in [3.05, 3.63) is 29.8 Å². The molecule has 0 aromatic heterocycles. The van der Waals surface area contributed by atoms with Gasteiger partial charge in [0.2, 0.25) is 15.9 Å². The van der Waals surface area contributed by atoms with Gasteiger partial charge in [0, 0.05) is 37.8 Å². The smallest absolute Gasteiger partial charge is 0.243 e. The van der Waals surface area contributed by atoms with Gasteiger partial charge in [-0.05, 0) is 44.7 Å². The predicted octanol–water partition coefficient (Wildman–Crippen LogP) is 2.86. The summed E-state index contributed by atoms with van der Waals surface area (Å²) in [5, 5.41) is 3.25. The van der Waals surface area contributed by atoms with Crippen LogP contribution in [-0.2, 0) is 19.6 Å². The van der Waals surface area contributed by atoms with Gasteiger partial charge in [-0.1, -0.05) is 37.0 Å². The maximum atomic E-state index is 13.3. The Kier molecular flexibility index (Phi) is 6.00. The molecule has 2 aliphatic heterocycles. The Morgan fingerprint density at radius 1 is 1.10 bits per heavy atom. The van der Waals surface area contributed by atoms with Crippen molar-refractivity contribution in [2.75, 3.05) is 26.3 Å². The van der Waals surface area contributed by atoms with Crippen LogP contribution in [0.5, 0.6) is 0 Å². The van der Waals surface area contributed by atoms with Gasteiger partial charge < -0.3 is 10.1 Å². The van der Waals surface area contributed by atoms with E-state index in [0.29, 0.717) is 24.7 Å². The van der Waals surface area contributed by atoms with Gasteiger partial charge in [0.05, 0.1) is 10.8 Å². The fraction of sp³-hybridized carbons (Fsp3) is 0.682. The van der Waals surface area contributed by atoms with Crippen molar-refractivity contribution in [2.24, 2.45) is 11.3 Å². The Balaban J connectivity index is 1.56. The lowest BCUT2D eigenvalue weighted by Gasteiger charge is -2.38. The summed E-state index contributed by atoms with van der Waals surface area (Å²) in [4.78, 5) is 13.6. The van der Waals surface area contributed by atoms with Crippen LogP contribution in [0.4, 0.5) is 0 Å². The highest BCUT2D eigenvalue weighted by Gasteiger charge is 2.53. The quantitative estimate of drug-likeness (QED) is 0.813. The first-order valence-corrected chi connectivity index (χ1v) is 12.3. The summed E-state index contributed by atoms with van der Waals surface area (Å²) in [6, 6.07) is 7.20. The molecule has 1 aromatic carbocycles. The molecule has 1 N–H and O–H groups in total. The van der Waals surface area contributed by atoms with Crippen molar-refractivity contribution in [2.45, 2.75) is 62.8 Å². The maximum Gasteiger partial charge on any atom is 0.243 e. The molecule has 1 saturated carbocycles. The van der Waals surface area contributed by atoms with Gasteiger partial charge in [-0.15, -0.1) is 0 Å². The van der Waals surface area contributed by atoms with E-state index in [1.807, 2.05) is 19.1 Å². The third kappa shape index (κ3) is 4.23. The van der Waals surface area contributed by atoms with Crippen molar-refractivity contribution in [3.63, 3.8) is 0 Å². The number of hydrogen-bond acceptors (Lipinski definition) is 4. The monoisotopic (exact) mass is 420 g/mol. The second-order valence-corrected chi connectivity index (χ2v) is 10.9. The molecule has 160 valence electrons. The Morgan fingerprint density at radius 3 is 2.41 bits per heavy atom. The minimum absolute atomic E-state index is 0.0282. The summed E-state index contributed by atoms with van der Waals surface area (Å²) in [5.74, 6) is -0.283. The first-order chi connectivity index (χ1) is 13.9. The number of carbonyl (C=O) groups is 1. The fourth-order valence-corrected chi connectivity index (χ4v) is 6.71. The van der Waals surface area contributed by atoms with Crippen LogP contribution in [0.15, 0.2) is 29.2 Å². The third-order valence-corrected chi connectivity index (χ3v) is 8.86. The molecule has 3 fully saturated rings. The highest BCUT2D eigenvalue weighted by Crippen LogP contribution is 2.46. The molecule has 4 rings (SSSR count). The van der Waals surface area contributed by atoms with Gasteiger partial charge >= 0.3 is 0 Å². The van der Waals surface area contributed by atoms with Crippen LogP contribution in [-0.4, -0.2) is 51.0 Å². The number of sulfonamides is 1. The molecule has 1 aliphatic carbocycles. The van der Waals surface area contributed by atoms with E-state index in [9.17, 15) is 13.2 Å². The highest BCUT2D eigenvalue weighted by molar-refractivity contribution is 7.89. The van der Waals surface area contributed by atoms with Gasteiger partial charge in [-0.25, -0.2) is 8.42 Å². The molecule has 3 aliphatic rings. The number of rotatable bonds is 4. The molecule has 1 aromatic rings. The van der Waals surface area contributed by atoms with Gasteiger partial charge in [0.15, 0.2) is 0 Å². The Bertz CT molecular complexity index is 825. The Hall–Kier alpha value is -1.44. The van der Waals surface area contributed by atoms with Gasteiger partial charge in [-0.3, -0.25) is 4.79 Å². The van der Waals surface area contributed by atoms with E-state index < -0.39 is 10.0 Å². The van der Waals surface area contributed by atoms with E-state index in [1.54, 1.807) is 12.1 Å². The zero-order valence-corrected chi connectivity index (χ0v) is 18.0. The number of hydrogen-bond donors (Lipinski definition) is 1. The molecule has 2 saturated heterocycles. The molecule has 1 atom stereocenters. The van der Waals surface area contributed by atoms with Gasteiger partial charge in [-0.2, -0.15) is 4.31 Å². The zero-order chi connectivity index (χ0) is 20.5. The molecule has 7 heteroatoms. The van der Waals surface area contributed by atoms with Crippen LogP contribution < -0.4 is 5.32 Å². The molecule has 2 heterocycles. The molecule has 0 radical (unpaired) electrons. The average molecular weight is 421 g/mol. The van der Waals surface area contributed by atoms with E-state index in [-0.39, 0.29) is 29.8 Å². The SMILES string of the molecule is Cc1ccc(S(=O)(=O)N2CC(C(=O)NC3CCCCC3)C3(CCOCC3)C2)cc1. The first kappa shape index (κ1) is 20.8. The predicted molar refractivity (Wildman–Crippen MR) is 111 cm³/mol. The topological polar surface area (TPSA) is 75.7 Å². The van der Waals surface area contributed by atoms with Crippen molar-refractivity contribution in [1.29, 1.82) is 0 Å². The van der Waals surface area contributed by atoms with Crippen molar-refractivity contribution >= 4 is 15.9 Å². The number of nitrogens with zero attached hydrogens (tertiary/aromatic N) is 1. The minimum Gasteiger partial charge on any atom is -0.381 e. The fourth-order valence-electron chi connectivity index (χ4n) is 5.16. The number of ether oxygens (including phenoxy) is 1. The van der Waals surface area contributed by atoms with Crippen molar-refractivity contribution in [3.8, 4) is 0 Å². The maximum absolute atomic E-state index is 13.3. The summed E-state index contributed by atoms with van der Waals surface area (Å²) in [7, 11) is -3.62. The highest BCUT2D eigenvalue weighted by atomic mass is 32.2. The van der Waals surface area contributed by atoms with E-state index in [4.69, 9.17) is 4.74 Å². The molecule has 1 spiro atoms. The first-order valence-electron chi connectivity index (χ1n) is 10.9. The third-order valence-electron chi connectivity index (χ3n) is 7.03. The standard InChI is InChI=1S/C22H32N2O4S/c1-17-7-9-19(10-8-17)29(26,27)24-15-20(22(16-24)11-13-28-14-12-22)21(25)23-18-5-3-2-4-6-18/h7-10,18,20H,2-6,11-16H2,1H3,(H,23,25). The van der Waals surface area contributed by atoms with Gasteiger partial charge in [0.25, 0.3) is 0 Å². The van der Waals surface area contributed by atoms with E-state index >= 15 is 0 Å². The lowest BCUT2D eigenvalue weighted by molar-refractivity contribution is -0.130. The summed E-state index contributed by atoms with van der Waals surface area (Å²) in [6.45, 7) is 3.77. The van der Waals surface area contributed by atoms with E-state index in [0.717, 1.165) is 44.1 Å². The molecule has 29 heavy (non-hydrogen) atoms. The zero-order valence-electron chi connectivity index (χ0n) is 17.2. The van der Waals surface area contributed by atoms with E-state index in [1.165, 1.54) is 10.7 Å². The Labute approximate surface area is 174 Å². The van der Waals surface area contributed by atoms with Crippen LogP contribution in [0.2, 0.25) is 0 Å². The second-order valence-electron chi connectivity index (χ2n) is 8.98. The normalized spacial score (nSPS) is 25.9. The number of amides is 1. The number of benzene rings is 1. The minimum atomic E-state index is -3.62. The average Bonchev–Trinajstić information content (AvgIpc) is 3.09. The van der Waals surface area contributed by atoms with Crippen molar-refractivity contribution in [1.82, 2.24) is 9.62 Å².